The highest BCUT2D eigenvalue weighted by molar-refractivity contribution is 7.91. The summed E-state index contributed by atoms with van der Waals surface area (Å²) in [5.41, 5.74) is 0.321. The molecule has 7 nitrogen and oxygen atoms in total. The smallest absolute Gasteiger partial charge is 0.341 e. The van der Waals surface area contributed by atoms with E-state index in [0.29, 0.717) is 21.7 Å². The van der Waals surface area contributed by atoms with E-state index in [2.05, 4.69) is 5.32 Å². The van der Waals surface area contributed by atoms with Gasteiger partial charge in [0.05, 0.1) is 24.4 Å². The van der Waals surface area contributed by atoms with Crippen molar-refractivity contribution in [1.29, 1.82) is 0 Å². The summed E-state index contributed by atoms with van der Waals surface area (Å²) in [4.78, 5) is 25.1. The molecule has 0 aliphatic heterocycles. The lowest BCUT2D eigenvalue weighted by Crippen LogP contribution is -2.16. The van der Waals surface area contributed by atoms with E-state index < -0.39 is 15.8 Å². The Morgan fingerprint density at radius 1 is 1.06 bits per heavy atom. The highest BCUT2D eigenvalue weighted by Gasteiger charge is 2.22. The number of carbonyl (C=O) groups is 2. The van der Waals surface area contributed by atoms with Gasteiger partial charge in [0.25, 0.3) is 0 Å². The summed E-state index contributed by atoms with van der Waals surface area (Å²) >= 11 is 1.28. The maximum absolute atomic E-state index is 12.5. The first-order valence-corrected chi connectivity index (χ1v) is 12.2. The standard InChI is InChI=1S/C22H23NO6S2/c1-3-29-22(25)20-17-7-4-5-8-18(17)30-21(20)23-19(24)9-6-14-31(26,27)16-12-10-15(28-2)11-13-16/h4-5,7-8,10-13H,3,6,9,14H2,1-2H3,(H,23,24). The molecule has 0 saturated carbocycles. The zero-order valence-corrected chi connectivity index (χ0v) is 18.8. The summed E-state index contributed by atoms with van der Waals surface area (Å²) in [6.07, 6.45) is 0.158. The number of hydrogen-bond acceptors (Lipinski definition) is 7. The average molecular weight is 462 g/mol. The molecule has 0 bridgehead atoms. The third kappa shape index (κ3) is 5.42. The van der Waals surface area contributed by atoms with Gasteiger partial charge in [0.1, 0.15) is 16.3 Å². The van der Waals surface area contributed by atoms with Crippen molar-refractivity contribution in [2.45, 2.75) is 24.7 Å². The molecular weight excluding hydrogens is 438 g/mol. The van der Waals surface area contributed by atoms with Crippen LogP contribution in [0.5, 0.6) is 5.75 Å². The Morgan fingerprint density at radius 3 is 2.45 bits per heavy atom. The van der Waals surface area contributed by atoms with Crippen molar-refractivity contribution in [1.82, 2.24) is 0 Å². The van der Waals surface area contributed by atoms with Crippen LogP contribution in [-0.2, 0) is 19.4 Å². The molecule has 1 amide bonds. The second-order valence-electron chi connectivity index (χ2n) is 6.67. The Hall–Kier alpha value is -2.91. The molecule has 9 heteroatoms. The Labute approximate surface area is 184 Å². The van der Waals surface area contributed by atoms with E-state index in [4.69, 9.17) is 9.47 Å². The Morgan fingerprint density at radius 2 is 1.77 bits per heavy atom. The quantitative estimate of drug-likeness (QED) is 0.478. The lowest BCUT2D eigenvalue weighted by Gasteiger charge is -2.08. The fourth-order valence-electron chi connectivity index (χ4n) is 3.05. The summed E-state index contributed by atoms with van der Waals surface area (Å²) in [6, 6.07) is 13.5. The number of rotatable bonds is 9. The molecule has 0 aliphatic rings. The molecule has 0 fully saturated rings. The summed E-state index contributed by atoms with van der Waals surface area (Å²) in [6.45, 7) is 1.94. The molecular formula is C22H23NO6S2. The van der Waals surface area contributed by atoms with Gasteiger partial charge in [-0.3, -0.25) is 4.79 Å². The van der Waals surface area contributed by atoms with Gasteiger partial charge in [0, 0.05) is 16.5 Å². The van der Waals surface area contributed by atoms with Crippen molar-refractivity contribution in [3.63, 3.8) is 0 Å². The van der Waals surface area contributed by atoms with Crippen LogP contribution in [0, 0.1) is 0 Å². The van der Waals surface area contributed by atoms with Crippen LogP contribution < -0.4 is 10.1 Å². The first kappa shape index (κ1) is 22.8. The maximum Gasteiger partial charge on any atom is 0.341 e. The van der Waals surface area contributed by atoms with Gasteiger partial charge in [-0.05, 0) is 43.7 Å². The van der Waals surface area contributed by atoms with E-state index in [1.165, 1.54) is 30.6 Å². The second-order valence-corrected chi connectivity index (χ2v) is 9.83. The van der Waals surface area contributed by atoms with Crippen LogP contribution in [0.3, 0.4) is 0 Å². The van der Waals surface area contributed by atoms with Gasteiger partial charge in [0.2, 0.25) is 5.91 Å². The van der Waals surface area contributed by atoms with Gasteiger partial charge in [0.15, 0.2) is 9.84 Å². The van der Waals surface area contributed by atoms with Crippen LogP contribution in [0.4, 0.5) is 5.00 Å². The van der Waals surface area contributed by atoms with Crippen LogP contribution >= 0.6 is 11.3 Å². The highest BCUT2D eigenvalue weighted by Crippen LogP contribution is 2.36. The molecule has 0 unspecified atom stereocenters. The van der Waals surface area contributed by atoms with Crippen LogP contribution in [0.2, 0.25) is 0 Å². The third-order valence-corrected chi connectivity index (χ3v) is 7.47. The molecule has 0 radical (unpaired) electrons. The largest absolute Gasteiger partial charge is 0.497 e. The topological polar surface area (TPSA) is 98.8 Å². The molecule has 164 valence electrons. The highest BCUT2D eigenvalue weighted by atomic mass is 32.2. The number of methoxy groups -OCH3 is 1. The number of anilines is 1. The maximum atomic E-state index is 12.5. The summed E-state index contributed by atoms with van der Waals surface area (Å²) < 4.78 is 36.0. The van der Waals surface area contributed by atoms with Crippen molar-refractivity contribution in [3.8, 4) is 5.75 Å². The molecule has 0 aliphatic carbocycles. The van der Waals surface area contributed by atoms with Gasteiger partial charge in [-0.15, -0.1) is 11.3 Å². The number of ether oxygens (including phenoxy) is 2. The molecule has 2 aromatic carbocycles. The first-order valence-electron chi connectivity index (χ1n) is 9.71. The second kappa shape index (κ2) is 9.93. The molecule has 1 aromatic heterocycles. The summed E-state index contributed by atoms with van der Waals surface area (Å²) in [5, 5.41) is 3.86. The number of thiophene rings is 1. The van der Waals surface area contributed by atoms with E-state index >= 15 is 0 Å². The predicted octanol–water partition coefficient (Wildman–Crippen LogP) is 4.28. The van der Waals surface area contributed by atoms with Gasteiger partial charge in [-0.25, -0.2) is 13.2 Å². The van der Waals surface area contributed by atoms with Crippen molar-refractivity contribution >= 4 is 48.1 Å². The van der Waals surface area contributed by atoms with Gasteiger partial charge in [-0.1, -0.05) is 18.2 Å². The number of sulfone groups is 1. The number of benzene rings is 2. The SMILES string of the molecule is CCOC(=O)c1c(NC(=O)CCCS(=O)(=O)c2ccc(OC)cc2)sc2ccccc12. The summed E-state index contributed by atoms with van der Waals surface area (Å²) in [5.74, 6) is -0.456. The van der Waals surface area contributed by atoms with Crippen molar-refractivity contribution in [3.05, 3.63) is 54.1 Å². The van der Waals surface area contributed by atoms with Crippen LogP contribution in [0.1, 0.15) is 30.1 Å². The number of carbonyl (C=O) groups excluding carboxylic acids is 2. The molecule has 31 heavy (non-hydrogen) atoms. The zero-order chi connectivity index (χ0) is 22.4. The van der Waals surface area contributed by atoms with Crippen molar-refractivity contribution in [2.24, 2.45) is 0 Å². The summed E-state index contributed by atoms with van der Waals surface area (Å²) in [7, 11) is -2.00. The van der Waals surface area contributed by atoms with Gasteiger partial charge in [-0.2, -0.15) is 0 Å². The fraction of sp³-hybridized carbons (Fsp3) is 0.273. The molecule has 0 saturated heterocycles. The first-order chi connectivity index (χ1) is 14.9. The predicted molar refractivity (Wildman–Crippen MR) is 121 cm³/mol. The fourth-order valence-corrected chi connectivity index (χ4v) is 5.47. The van der Waals surface area contributed by atoms with Crippen molar-refractivity contribution < 1.29 is 27.5 Å². The molecule has 1 heterocycles. The van der Waals surface area contributed by atoms with Crippen LogP contribution in [0.15, 0.2) is 53.4 Å². The van der Waals surface area contributed by atoms with Crippen LogP contribution in [0.25, 0.3) is 10.1 Å². The van der Waals surface area contributed by atoms with E-state index in [0.717, 1.165) is 4.70 Å². The number of amides is 1. The van der Waals surface area contributed by atoms with E-state index in [-0.39, 0.29) is 36.0 Å². The minimum Gasteiger partial charge on any atom is -0.497 e. The lowest BCUT2D eigenvalue weighted by atomic mass is 10.1. The van der Waals surface area contributed by atoms with E-state index in [9.17, 15) is 18.0 Å². The Balaban J connectivity index is 1.66. The van der Waals surface area contributed by atoms with Gasteiger partial charge >= 0.3 is 5.97 Å². The minimum absolute atomic E-state index is 0.00585. The number of fused-ring (bicyclic) bond motifs is 1. The monoisotopic (exact) mass is 461 g/mol. The molecule has 3 rings (SSSR count). The number of nitrogens with one attached hydrogen (secondary N) is 1. The van der Waals surface area contributed by atoms with E-state index in [1.54, 1.807) is 25.1 Å². The van der Waals surface area contributed by atoms with Crippen molar-refractivity contribution in [2.75, 3.05) is 24.8 Å². The lowest BCUT2D eigenvalue weighted by molar-refractivity contribution is -0.116. The van der Waals surface area contributed by atoms with Gasteiger partial charge < -0.3 is 14.8 Å². The Kier molecular flexibility index (Phi) is 7.29. The molecule has 1 N–H and O–H groups in total. The molecule has 3 aromatic rings. The van der Waals surface area contributed by atoms with E-state index in [1.807, 2.05) is 18.2 Å². The number of hydrogen-bond donors (Lipinski definition) is 1. The Bertz CT molecular complexity index is 1180. The molecule has 0 atom stereocenters. The number of esters is 1. The minimum atomic E-state index is -3.51. The normalized spacial score (nSPS) is 11.3. The third-order valence-electron chi connectivity index (χ3n) is 4.56. The zero-order valence-electron chi connectivity index (χ0n) is 17.2. The van der Waals surface area contributed by atoms with Crippen LogP contribution in [-0.4, -0.2) is 39.8 Å². The molecule has 0 spiro atoms. The average Bonchev–Trinajstić information content (AvgIpc) is 3.11.